The van der Waals surface area contributed by atoms with Crippen molar-refractivity contribution in [3.05, 3.63) is 0 Å². The van der Waals surface area contributed by atoms with Crippen LogP contribution >= 0.6 is 12.4 Å². The maximum atomic E-state index is 10.3. The average molecular weight is 541 g/mol. The van der Waals surface area contributed by atoms with Crippen LogP contribution in [-0.4, -0.2) is 168 Å². The monoisotopic (exact) mass is 540 g/mol. The van der Waals surface area contributed by atoms with E-state index in [0.717, 1.165) is 0 Å². The predicted molar refractivity (Wildman–Crippen MR) is 109 cm³/mol. The summed E-state index contributed by atoms with van der Waals surface area (Å²) in [5.74, 6) is -2.36. The topological polar surface area (TPSA) is 269 Å². The zero-order valence-electron chi connectivity index (χ0n) is 18.2. The third kappa shape index (κ3) is 5.89. The molecule has 2 unspecified atom stereocenters. The minimum Gasteiger partial charge on any atom is -0.394 e. The standard InChI is InChI=1S/C18H32O16.ClH/c19-1-5-8(22)11(25)13(27)16(31-5)30-3-7-9(23)12(26)14(28)17(32-7)34-18(4-21)15(29)10(24)6(2-20)33-18;/h5-17,19-29H,1-4H2;1H/t5-,6-,7-,8+,9-,10-,11+,12+,13-,14-,15+,16?,17?,18+;/m1./s1. The summed E-state index contributed by atoms with van der Waals surface area (Å²) in [6.45, 7) is -3.14. The van der Waals surface area contributed by atoms with E-state index in [-0.39, 0.29) is 12.4 Å². The molecule has 0 aromatic heterocycles. The van der Waals surface area contributed by atoms with Gasteiger partial charge in [0.1, 0.15) is 73.8 Å². The molecular weight excluding hydrogens is 508 g/mol. The summed E-state index contributed by atoms with van der Waals surface area (Å²) in [7, 11) is 0. The first-order valence-corrected chi connectivity index (χ1v) is 10.6. The fraction of sp³-hybridized carbons (Fsp3) is 1.00. The third-order valence-electron chi connectivity index (χ3n) is 6.16. The van der Waals surface area contributed by atoms with Gasteiger partial charge in [0, 0.05) is 0 Å². The first-order chi connectivity index (χ1) is 16.0. The SMILES string of the molecule is Cl.OC[C@H]1OC(OC[C@H]2OC(O[C@]3(CO)O[C@H](CO)[C@@H](O)[C@@H]3O)[C@H](O)[C@@H](O)[C@@H]2O)[C@H](O)[C@@H](O)[C@H]1O. The third-order valence-corrected chi connectivity index (χ3v) is 6.16. The maximum Gasteiger partial charge on any atom is 0.224 e. The summed E-state index contributed by atoms with van der Waals surface area (Å²) in [6, 6.07) is 0. The van der Waals surface area contributed by atoms with Crippen molar-refractivity contribution in [1.82, 2.24) is 0 Å². The van der Waals surface area contributed by atoms with E-state index in [0.29, 0.717) is 0 Å². The van der Waals surface area contributed by atoms with Crippen LogP contribution < -0.4 is 0 Å². The highest BCUT2D eigenvalue weighted by molar-refractivity contribution is 5.85. The summed E-state index contributed by atoms with van der Waals surface area (Å²) in [4.78, 5) is 0. The van der Waals surface area contributed by atoms with Crippen molar-refractivity contribution in [3.63, 3.8) is 0 Å². The van der Waals surface area contributed by atoms with Gasteiger partial charge in [0.15, 0.2) is 12.6 Å². The molecule has 0 saturated carbocycles. The van der Waals surface area contributed by atoms with Crippen LogP contribution in [0, 0.1) is 0 Å². The van der Waals surface area contributed by atoms with Crippen LogP contribution in [0.1, 0.15) is 0 Å². The molecule has 208 valence electrons. The molecule has 0 amide bonds. The van der Waals surface area contributed by atoms with Gasteiger partial charge < -0.3 is 79.9 Å². The van der Waals surface area contributed by atoms with E-state index >= 15 is 0 Å². The molecule has 16 nitrogen and oxygen atoms in total. The van der Waals surface area contributed by atoms with E-state index in [1.165, 1.54) is 0 Å². The smallest absolute Gasteiger partial charge is 0.224 e. The van der Waals surface area contributed by atoms with Crippen LogP contribution in [0.5, 0.6) is 0 Å². The van der Waals surface area contributed by atoms with Crippen molar-refractivity contribution in [2.75, 3.05) is 26.4 Å². The molecule has 3 aliphatic heterocycles. The van der Waals surface area contributed by atoms with Gasteiger partial charge in [-0.15, -0.1) is 12.4 Å². The van der Waals surface area contributed by atoms with E-state index in [1.807, 2.05) is 0 Å². The normalized spacial score (nSPS) is 50.7. The lowest BCUT2D eigenvalue weighted by Crippen LogP contribution is -2.63. The number of hydrogen-bond donors (Lipinski definition) is 11. The minimum atomic E-state index is -2.36. The number of halogens is 1. The Bertz CT molecular complexity index is 660. The van der Waals surface area contributed by atoms with Gasteiger partial charge in [-0.05, 0) is 0 Å². The van der Waals surface area contributed by atoms with Gasteiger partial charge in [-0.2, -0.15) is 0 Å². The number of aliphatic hydroxyl groups is 11. The van der Waals surface area contributed by atoms with Crippen molar-refractivity contribution in [2.45, 2.75) is 85.5 Å². The average Bonchev–Trinajstić information content (AvgIpc) is 3.08. The second-order valence-electron chi connectivity index (χ2n) is 8.41. The van der Waals surface area contributed by atoms with Crippen LogP contribution in [0.15, 0.2) is 0 Å². The lowest BCUT2D eigenvalue weighted by atomic mass is 9.98. The Balaban J connectivity index is 0.00000432. The highest BCUT2D eigenvalue weighted by Gasteiger charge is 2.58. The molecule has 11 N–H and O–H groups in total. The Morgan fingerprint density at radius 1 is 0.600 bits per heavy atom. The van der Waals surface area contributed by atoms with Gasteiger partial charge in [-0.25, -0.2) is 0 Å². The molecule has 3 aliphatic rings. The van der Waals surface area contributed by atoms with Gasteiger partial charge in [-0.1, -0.05) is 0 Å². The molecule has 0 aromatic carbocycles. The Hall–Kier alpha value is -0.350. The van der Waals surface area contributed by atoms with Gasteiger partial charge in [0.25, 0.3) is 0 Å². The molecule has 17 heteroatoms. The number of aliphatic hydroxyl groups excluding tert-OH is 11. The Morgan fingerprint density at radius 2 is 1.11 bits per heavy atom. The second-order valence-corrected chi connectivity index (χ2v) is 8.41. The first kappa shape index (κ1) is 30.9. The van der Waals surface area contributed by atoms with Crippen LogP contribution in [-0.2, 0) is 23.7 Å². The molecule has 0 bridgehead atoms. The van der Waals surface area contributed by atoms with E-state index in [4.69, 9.17) is 23.7 Å². The van der Waals surface area contributed by atoms with Crippen LogP contribution in [0.2, 0.25) is 0 Å². The number of ether oxygens (including phenoxy) is 5. The summed E-state index contributed by atoms with van der Waals surface area (Å²) in [5, 5.41) is 109. The summed E-state index contributed by atoms with van der Waals surface area (Å²) in [5.41, 5.74) is 0. The number of hydrogen-bond acceptors (Lipinski definition) is 16. The molecule has 0 radical (unpaired) electrons. The Labute approximate surface area is 204 Å². The molecule has 3 heterocycles. The second kappa shape index (κ2) is 12.5. The minimum absolute atomic E-state index is 0. The molecule has 14 atom stereocenters. The van der Waals surface area contributed by atoms with Crippen LogP contribution in [0.3, 0.4) is 0 Å². The summed E-state index contributed by atoms with van der Waals surface area (Å²) in [6.07, 6.45) is -21.8. The highest BCUT2D eigenvalue weighted by Crippen LogP contribution is 2.36. The Morgan fingerprint density at radius 3 is 1.63 bits per heavy atom. The molecule has 3 rings (SSSR count). The Kier molecular flexibility index (Phi) is 11.0. The summed E-state index contributed by atoms with van der Waals surface area (Å²) < 4.78 is 26.4. The van der Waals surface area contributed by atoms with Crippen molar-refractivity contribution in [3.8, 4) is 0 Å². The quantitative estimate of drug-likeness (QED) is 0.136. The molecule has 3 saturated heterocycles. The lowest BCUT2D eigenvalue weighted by molar-refractivity contribution is -0.388. The van der Waals surface area contributed by atoms with Gasteiger partial charge in [-0.3, -0.25) is 0 Å². The molecule has 3 fully saturated rings. The van der Waals surface area contributed by atoms with Crippen molar-refractivity contribution >= 4 is 12.4 Å². The van der Waals surface area contributed by atoms with Gasteiger partial charge >= 0.3 is 0 Å². The molecule has 0 aromatic rings. The van der Waals surface area contributed by atoms with Crippen LogP contribution in [0.4, 0.5) is 0 Å². The molecule has 0 spiro atoms. The highest BCUT2D eigenvalue weighted by atomic mass is 35.5. The van der Waals surface area contributed by atoms with E-state index in [2.05, 4.69) is 0 Å². The fourth-order valence-electron chi connectivity index (χ4n) is 4.01. The first-order valence-electron chi connectivity index (χ1n) is 10.6. The molecule has 0 aliphatic carbocycles. The lowest BCUT2D eigenvalue weighted by Gasteiger charge is -2.44. The van der Waals surface area contributed by atoms with E-state index in [9.17, 15) is 56.2 Å². The molecular formula is C18H33ClO16. The van der Waals surface area contributed by atoms with E-state index < -0.39 is 112 Å². The summed E-state index contributed by atoms with van der Waals surface area (Å²) >= 11 is 0. The van der Waals surface area contributed by atoms with Gasteiger partial charge in [0.2, 0.25) is 5.79 Å². The van der Waals surface area contributed by atoms with E-state index in [1.54, 1.807) is 0 Å². The zero-order valence-corrected chi connectivity index (χ0v) is 19.0. The van der Waals surface area contributed by atoms with Crippen molar-refractivity contribution in [1.29, 1.82) is 0 Å². The number of rotatable bonds is 8. The molecule has 35 heavy (non-hydrogen) atoms. The maximum absolute atomic E-state index is 10.3. The largest absolute Gasteiger partial charge is 0.394 e. The predicted octanol–water partition coefficient (Wildman–Crippen LogP) is -7.15. The van der Waals surface area contributed by atoms with Crippen molar-refractivity contribution < 1.29 is 79.9 Å². The van der Waals surface area contributed by atoms with Crippen LogP contribution in [0.25, 0.3) is 0 Å². The zero-order chi connectivity index (χ0) is 25.4. The fourth-order valence-corrected chi connectivity index (χ4v) is 4.01. The van der Waals surface area contributed by atoms with Gasteiger partial charge in [0.05, 0.1) is 19.8 Å². The van der Waals surface area contributed by atoms with Crippen molar-refractivity contribution in [2.24, 2.45) is 0 Å².